The lowest BCUT2D eigenvalue weighted by Gasteiger charge is -2.05. The molecule has 0 aliphatic rings. The second kappa shape index (κ2) is 5.58. The zero-order chi connectivity index (χ0) is 14.7. The molecular formula is C16H12N2O3. The molecule has 104 valence electrons. The molecule has 5 heteroatoms. The predicted molar refractivity (Wildman–Crippen MR) is 78.1 cm³/mol. The van der Waals surface area contributed by atoms with E-state index in [1.54, 1.807) is 12.1 Å². The van der Waals surface area contributed by atoms with Crippen LogP contribution in [0.25, 0.3) is 22.2 Å². The minimum absolute atomic E-state index is 0.352. The number of ether oxygens (including phenoxy) is 1. The van der Waals surface area contributed by atoms with Crippen molar-refractivity contribution in [2.75, 3.05) is 6.61 Å². The third-order valence-corrected chi connectivity index (χ3v) is 3.01. The third-order valence-electron chi connectivity index (χ3n) is 3.01. The molecule has 0 saturated heterocycles. The molecule has 2 aromatic carbocycles. The second-order valence-electron chi connectivity index (χ2n) is 4.50. The number of rotatable bonds is 4. The Hall–Kier alpha value is -2.95. The van der Waals surface area contributed by atoms with Gasteiger partial charge in [-0.15, -0.1) is 10.2 Å². The van der Waals surface area contributed by atoms with Crippen molar-refractivity contribution < 1.29 is 14.6 Å². The van der Waals surface area contributed by atoms with Gasteiger partial charge in [-0.05, 0) is 36.4 Å². The molecule has 1 aromatic heterocycles. The summed E-state index contributed by atoms with van der Waals surface area (Å²) in [7, 11) is 0. The van der Waals surface area contributed by atoms with E-state index in [9.17, 15) is 4.79 Å². The van der Waals surface area contributed by atoms with E-state index in [2.05, 4.69) is 10.2 Å². The molecule has 0 fully saturated rings. The van der Waals surface area contributed by atoms with Crippen LogP contribution in [0, 0.1) is 0 Å². The monoisotopic (exact) mass is 280 g/mol. The zero-order valence-electron chi connectivity index (χ0n) is 11.1. The maximum absolute atomic E-state index is 10.4. The lowest BCUT2D eigenvalue weighted by Crippen LogP contribution is -2.09. The van der Waals surface area contributed by atoms with E-state index in [0.717, 1.165) is 22.2 Å². The Balaban J connectivity index is 1.86. The smallest absolute Gasteiger partial charge is 0.341 e. The van der Waals surface area contributed by atoms with Crippen LogP contribution in [0.3, 0.4) is 0 Å². The van der Waals surface area contributed by atoms with Crippen LogP contribution in [0.1, 0.15) is 0 Å². The molecular weight excluding hydrogens is 268 g/mol. The van der Waals surface area contributed by atoms with E-state index in [1.807, 2.05) is 42.5 Å². The van der Waals surface area contributed by atoms with E-state index in [-0.39, 0.29) is 6.61 Å². The number of aromatic nitrogens is 2. The molecule has 1 heterocycles. The number of hydrogen-bond donors (Lipinski definition) is 1. The maximum Gasteiger partial charge on any atom is 0.341 e. The lowest BCUT2D eigenvalue weighted by molar-refractivity contribution is -0.139. The van der Waals surface area contributed by atoms with Crippen molar-refractivity contribution in [1.29, 1.82) is 0 Å². The minimum Gasteiger partial charge on any atom is -0.482 e. The molecule has 0 amide bonds. The van der Waals surface area contributed by atoms with Crippen molar-refractivity contribution in [2.24, 2.45) is 0 Å². The number of benzene rings is 2. The summed E-state index contributed by atoms with van der Waals surface area (Å²) in [5.41, 5.74) is 2.51. The summed E-state index contributed by atoms with van der Waals surface area (Å²) in [5, 5.41) is 18.0. The highest BCUT2D eigenvalue weighted by Gasteiger charge is 2.04. The molecule has 0 bridgehead atoms. The van der Waals surface area contributed by atoms with E-state index in [4.69, 9.17) is 9.84 Å². The van der Waals surface area contributed by atoms with Crippen LogP contribution in [0.5, 0.6) is 5.75 Å². The molecule has 0 unspecified atom stereocenters. The Morgan fingerprint density at radius 1 is 1.05 bits per heavy atom. The summed E-state index contributed by atoms with van der Waals surface area (Å²) in [6.45, 7) is -0.352. The fraction of sp³-hybridized carbons (Fsp3) is 0.0625. The minimum atomic E-state index is -1.00. The zero-order valence-corrected chi connectivity index (χ0v) is 11.1. The van der Waals surface area contributed by atoms with Crippen LogP contribution in [0.4, 0.5) is 0 Å². The molecule has 0 aliphatic heterocycles. The second-order valence-corrected chi connectivity index (χ2v) is 4.50. The summed E-state index contributed by atoms with van der Waals surface area (Å²) >= 11 is 0. The number of fused-ring (bicyclic) bond motifs is 1. The lowest BCUT2D eigenvalue weighted by atomic mass is 10.1. The number of hydrogen-bond acceptors (Lipinski definition) is 4. The van der Waals surface area contributed by atoms with Gasteiger partial charge in [0.1, 0.15) is 5.75 Å². The summed E-state index contributed by atoms with van der Waals surface area (Å²) in [4.78, 5) is 10.4. The highest BCUT2D eigenvalue weighted by molar-refractivity contribution is 5.81. The van der Waals surface area contributed by atoms with Gasteiger partial charge >= 0.3 is 5.97 Å². The van der Waals surface area contributed by atoms with Gasteiger partial charge in [0.2, 0.25) is 0 Å². The van der Waals surface area contributed by atoms with Crippen molar-refractivity contribution in [3.8, 4) is 17.0 Å². The Labute approximate surface area is 120 Å². The fourth-order valence-electron chi connectivity index (χ4n) is 1.99. The summed E-state index contributed by atoms with van der Waals surface area (Å²) in [5.74, 6) is -0.491. The van der Waals surface area contributed by atoms with Gasteiger partial charge in [0, 0.05) is 10.9 Å². The number of carbonyl (C=O) groups is 1. The topological polar surface area (TPSA) is 72.3 Å². The molecule has 3 aromatic rings. The maximum atomic E-state index is 10.4. The van der Waals surface area contributed by atoms with Crippen LogP contribution in [-0.2, 0) is 4.79 Å². The van der Waals surface area contributed by atoms with Crippen molar-refractivity contribution >= 4 is 16.9 Å². The number of carboxylic acid groups (broad SMARTS) is 1. The SMILES string of the molecule is O=C(O)COc1ccc(-c2cc3ccccc3nn2)cc1. The summed E-state index contributed by atoms with van der Waals surface area (Å²) in [6, 6.07) is 16.8. The molecule has 0 aliphatic carbocycles. The van der Waals surface area contributed by atoms with Crippen LogP contribution in [0.2, 0.25) is 0 Å². The normalized spacial score (nSPS) is 10.5. The number of nitrogens with zero attached hydrogens (tertiary/aromatic N) is 2. The molecule has 3 rings (SSSR count). The van der Waals surface area contributed by atoms with Crippen molar-refractivity contribution in [3.05, 3.63) is 54.6 Å². The largest absolute Gasteiger partial charge is 0.482 e. The predicted octanol–water partition coefficient (Wildman–Crippen LogP) is 2.76. The van der Waals surface area contributed by atoms with E-state index < -0.39 is 5.97 Å². The van der Waals surface area contributed by atoms with Crippen LogP contribution in [0.15, 0.2) is 54.6 Å². The van der Waals surface area contributed by atoms with Crippen molar-refractivity contribution in [1.82, 2.24) is 10.2 Å². The molecule has 0 atom stereocenters. The molecule has 21 heavy (non-hydrogen) atoms. The van der Waals surface area contributed by atoms with Gasteiger partial charge in [-0.1, -0.05) is 18.2 Å². The molecule has 0 spiro atoms. The standard InChI is InChI=1S/C16H12N2O3/c19-16(20)10-21-13-7-5-11(6-8-13)15-9-12-3-1-2-4-14(12)17-18-15/h1-9H,10H2,(H,19,20). The van der Waals surface area contributed by atoms with Gasteiger partial charge in [-0.3, -0.25) is 0 Å². The first kappa shape index (κ1) is 13.1. The van der Waals surface area contributed by atoms with Gasteiger partial charge in [0.25, 0.3) is 0 Å². The average Bonchev–Trinajstić information content (AvgIpc) is 2.53. The first-order valence-electron chi connectivity index (χ1n) is 6.40. The molecule has 0 saturated carbocycles. The average molecular weight is 280 g/mol. The molecule has 0 radical (unpaired) electrons. The Morgan fingerprint density at radius 2 is 1.81 bits per heavy atom. The van der Waals surface area contributed by atoms with Crippen molar-refractivity contribution in [2.45, 2.75) is 0 Å². The Kier molecular flexibility index (Phi) is 3.47. The summed E-state index contributed by atoms with van der Waals surface area (Å²) < 4.78 is 5.09. The van der Waals surface area contributed by atoms with Crippen molar-refractivity contribution in [3.63, 3.8) is 0 Å². The number of carboxylic acids is 1. The highest BCUT2D eigenvalue weighted by Crippen LogP contribution is 2.22. The van der Waals surface area contributed by atoms with E-state index in [0.29, 0.717) is 5.75 Å². The third kappa shape index (κ3) is 2.97. The molecule has 5 nitrogen and oxygen atoms in total. The number of aliphatic carboxylic acids is 1. The van der Waals surface area contributed by atoms with Gasteiger partial charge in [0.05, 0.1) is 11.2 Å². The Morgan fingerprint density at radius 3 is 2.57 bits per heavy atom. The first-order chi connectivity index (χ1) is 10.2. The van der Waals surface area contributed by atoms with Crippen LogP contribution < -0.4 is 4.74 Å². The van der Waals surface area contributed by atoms with E-state index >= 15 is 0 Å². The quantitative estimate of drug-likeness (QED) is 0.795. The van der Waals surface area contributed by atoms with Gasteiger partial charge in [0.15, 0.2) is 6.61 Å². The van der Waals surface area contributed by atoms with Gasteiger partial charge in [-0.25, -0.2) is 4.79 Å². The first-order valence-corrected chi connectivity index (χ1v) is 6.40. The van der Waals surface area contributed by atoms with Crippen LogP contribution >= 0.6 is 0 Å². The Bertz CT molecular complexity index is 785. The highest BCUT2D eigenvalue weighted by atomic mass is 16.5. The van der Waals surface area contributed by atoms with E-state index in [1.165, 1.54) is 0 Å². The van der Waals surface area contributed by atoms with Gasteiger partial charge in [-0.2, -0.15) is 0 Å². The van der Waals surface area contributed by atoms with Gasteiger partial charge < -0.3 is 9.84 Å². The fourth-order valence-corrected chi connectivity index (χ4v) is 1.99. The van der Waals surface area contributed by atoms with Crippen LogP contribution in [-0.4, -0.2) is 27.9 Å². The molecule has 1 N–H and O–H groups in total. The summed E-state index contributed by atoms with van der Waals surface area (Å²) in [6.07, 6.45) is 0.